The molecule has 38 heavy (non-hydrogen) atoms. The molecule has 0 aliphatic rings. The van der Waals surface area contributed by atoms with Crippen LogP contribution in [0, 0.1) is 0 Å². The number of carbonyl (C=O) groups is 2. The molecule has 8 nitrogen and oxygen atoms in total. The SMILES string of the molecule is CCCCOC(=O)NCc1cccc(-c2cn3c(n2)sc2cc(C(=O)NCCCN(CC)CC)ccc23)c1. The van der Waals surface area contributed by atoms with Gasteiger partial charge in [0.05, 0.1) is 22.5 Å². The third-order valence-corrected chi connectivity index (χ3v) is 7.60. The fourth-order valence-electron chi connectivity index (χ4n) is 4.30. The molecule has 0 saturated carbocycles. The first-order valence-corrected chi connectivity index (χ1v) is 14.3. The second-order valence-electron chi connectivity index (χ2n) is 9.24. The number of amides is 2. The topological polar surface area (TPSA) is 88.0 Å². The maximum atomic E-state index is 12.7. The standard InChI is InChI=1S/C29H37N5O3S/c1-4-7-16-37-29(36)31-19-21-10-8-11-22(17-21)24-20-34-25-13-12-23(18-26(25)38-28(34)32-24)27(35)30-14-9-15-33(5-2)6-3/h8,10-13,17-18,20H,4-7,9,14-16,19H2,1-3H3,(H,30,35)(H,31,36). The zero-order valence-corrected chi connectivity index (χ0v) is 23.3. The molecule has 0 aliphatic carbocycles. The number of ether oxygens (including phenoxy) is 1. The quantitative estimate of drug-likeness (QED) is 0.214. The lowest BCUT2D eigenvalue weighted by Gasteiger charge is -2.17. The van der Waals surface area contributed by atoms with Gasteiger partial charge in [0, 0.05) is 30.4 Å². The molecule has 202 valence electrons. The van der Waals surface area contributed by atoms with Gasteiger partial charge in [0.2, 0.25) is 0 Å². The van der Waals surface area contributed by atoms with Crippen LogP contribution >= 0.6 is 11.3 Å². The van der Waals surface area contributed by atoms with Crippen molar-refractivity contribution >= 4 is 38.5 Å². The molecule has 0 radical (unpaired) electrons. The number of fused-ring (bicyclic) bond motifs is 3. The summed E-state index contributed by atoms with van der Waals surface area (Å²) in [6.45, 7) is 10.9. The van der Waals surface area contributed by atoms with Crippen LogP contribution in [0.1, 0.15) is 56.0 Å². The molecule has 2 aromatic carbocycles. The van der Waals surface area contributed by atoms with E-state index < -0.39 is 6.09 Å². The zero-order valence-electron chi connectivity index (χ0n) is 22.5. The van der Waals surface area contributed by atoms with Crippen LogP contribution in [-0.4, -0.2) is 59.1 Å². The maximum absolute atomic E-state index is 12.7. The third-order valence-electron chi connectivity index (χ3n) is 6.58. The van der Waals surface area contributed by atoms with Crippen molar-refractivity contribution in [1.82, 2.24) is 24.9 Å². The van der Waals surface area contributed by atoms with Gasteiger partial charge in [-0.1, -0.05) is 56.7 Å². The van der Waals surface area contributed by atoms with E-state index in [1.807, 2.05) is 48.7 Å². The van der Waals surface area contributed by atoms with Gasteiger partial charge in [-0.3, -0.25) is 9.20 Å². The Morgan fingerprint density at radius 1 is 1.05 bits per heavy atom. The second kappa shape index (κ2) is 13.4. The summed E-state index contributed by atoms with van der Waals surface area (Å²) in [4.78, 5) is 32.6. The van der Waals surface area contributed by atoms with Gasteiger partial charge in [-0.15, -0.1) is 0 Å². The van der Waals surface area contributed by atoms with Crippen LogP contribution in [0.3, 0.4) is 0 Å². The number of hydrogen-bond acceptors (Lipinski definition) is 6. The van der Waals surface area contributed by atoms with E-state index in [2.05, 4.69) is 40.7 Å². The summed E-state index contributed by atoms with van der Waals surface area (Å²) in [6.07, 6.45) is 4.41. The first-order chi connectivity index (χ1) is 18.5. The average molecular weight is 536 g/mol. The summed E-state index contributed by atoms with van der Waals surface area (Å²) >= 11 is 1.57. The minimum absolute atomic E-state index is 0.0437. The molecular formula is C29H37N5O3S. The largest absolute Gasteiger partial charge is 0.450 e. The minimum Gasteiger partial charge on any atom is -0.450 e. The van der Waals surface area contributed by atoms with Crippen LogP contribution in [0.2, 0.25) is 0 Å². The molecule has 2 heterocycles. The number of thiazole rings is 1. The number of nitrogens with one attached hydrogen (secondary N) is 2. The molecule has 0 bridgehead atoms. The molecule has 2 amide bonds. The Morgan fingerprint density at radius 2 is 1.89 bits per heavy atom. The number of rotatable bonds is 13. The average Bonchev–Trinajstić information content (AvgIpc) is 3.50. The lowest BCUT2D eigenvalue weighted by Crippen LogP contribution is -2.29. The van der Waals surface area contributed by atoms with Gasteiger partial charge in [-0.05, 0) is 62.3 Å². The Kier molecular flexibility index (Phi) is 9.73. The fourth-order valence-corrected chi connectivity index (χ4v) is 5.35. The van der Waals surface area contributed by atoms with Crippen molar-refractivity contribution in [2.75, 3.05) is 32.8 Å². The van der Waals surface area contributed by atoms with Crippen molar-refractivity contribution in [3.8, 4) is 11.3 Å². The van der Waals surface area contributed by atoms with Gasteiger partial charge in [-0.2, -0.15) is 0 Å². The number of hydrogen-bond donors (Lipinski definition) is 2. The highest BCUT2D eigenvalue weighted by Crippen LogP contribution is 2.30. The highest BCUT2D eigenvalue weighted by molar-refractivity contribution is 7.23. The van der Waals surface area contributed by atoms with Crippen LogP contribution in [0.5, 0.6) is 0 Å². The fraction of sp³-hybridized carbons (Fsp3) is 0.414. The summed E-state index contributed by atoms with van der Waals surface area (Å²) < 4.78 is 8.25. The molecular weight excluding hydrogens is 498 g/mol. The van der Waals surface area contributed by atoms with E-state index in [0.717, 1.165) is 70.9 Å². The predicted octanol–water partition coefficient (Wildman–Crippen LogP) is 5.70. The number of unbranched alkanes of at least 4 members (excludes halogenated alkanes) is 1. The van der Waals surface area contributed by atoms with E-state index in [0.29, 0.717) is 25.3 Å². The van der Waals surface area contributed by atoms with Crippen molar-refractivity contribution in [2.45, 2.75) is 46.6 Å². The number of aromatic nitrogens is 2. The van der Waals surface area contributed by atoms with E-state index in [9.17, 15) is 9.59 Å². The maximum Gasteiger partial charge on any atom is 0.407 e. The molecule has 0 unspecified atom stereocenters. The van der Waals surface area contributed by atoms with Crippen molar-refractivity contribution in [1.29, 1.82) is 0 Å². The Balaban J connectivity index is 1.40. The first-order valence-electron chi connectivity index (χ1n) is 13.4. The summed E-state index contributed by atoms with van der Waals surface area (Å²) in [5.74, 6) is -0.0437. The molecule has 9 heteroatoms. The number of carbonyl (C=O) groups excluding carboxylic acids is 2. The van der Waals surface area contributed by atoms with E-state index in [1.165, 1.54) is 0 Å². The van der Waals surface area contributed by atoms with E-state index in [4.69, 9.17) is 9.72 Å². The van der Waals surface area contributed by atoms with Gasteiger partial charge in [0.15, 0.2) is 4.96 Å². The molecule has 4 rings (SSSR count). The predicted molar refractivity (Wildman–Crippen MR) is 154 cm³/mol. The Hall–Kier alpha value is -3.43. The number of nitrogens with zero attached hydrogens (tertiary/aromatic N) is 3. The van der Waals surface area contributed by atoms with Gasteiger partial charge >= 0.3 is 6.09 Å². The highest BCUT2D eigenvalue weighted by atomic mass is 32.1. The summed E-state index contributed by atoms with van der Waals surface area (Å²) in [5, 5.41) is 5.85. The lowest BCUT2D eigenvalue weighted by atomic mass is 10.1. The smallest absolute Gasteiger partial charge is 0.407 e. The van der Waals surface area contributed by atoms with Gasteiger partial charge in [0.1, 0.15) is 0 Å². The molecule has 2 aromatic heterocycles. The molecule has 4 aromatic rings. The van der Waals surface area contributed by atoms with Crippen LogP contribution in [-0.2, 0) is 11.3 Å². The van der Waals surface area contributed by atoms with Crippen LogP contribution in [0.15, 0.2) is 48.7 Å². The molecule has 0 spiro atoms. The summed E-state index contributed by atoms with van der Waals surface area (Å²) in [5.41, 5.74) is 4.51. The van der Waals surface area contributed by atoms with Crippen molar-refractivity contribution in [3.05, 3.63) is 59.8 Å². The molecule has 0 saturated heterocycles. The Labute approximate surface area is 228 Å². The second-order valence-corrected chi connectivity index (χ2v) is 10.3. The van der Waals surface area contributed by atoms with E-state index >= 15 is 0 Å². The van der Waals surface area contributed by atoms with Gasteiger partial charge < -0.3 is 20.3 Å². The number of alkyl carbamates (subject to hydrolysis) is 1. The first kappa shape index (κ1) is 27.6. The minimum atomic E-state index is -0.398. The summed E-state index contributed by atoms with van der Waals surface area (Å²) in [7, 11) is 0. The molecule has 0 aliphatic heterocycles. The van der Waals surface area contributed by atoms with Crippen LogP contribution < -0.4 is 10.6 Å². The molecule has 0 fully saturated rings. The normalized spacial score (nSPS) is 11.4. The highest BCUT2D eigenvalue weighted by Gasteiger charge is 2.14. The molecule has 2 N–H and O–H groups in total. The number of imidazole rings is 1. The van der Waals surface area contributed by atoms with Crippen molar-refractivity contribution < 1.29 is 14.3 Å². The van der Waals surface area contributed by atoms with Crippen molar-refractivity contribution in [3.63, 3.8) is 0 Å². The number of benzene rings is 2. The Bertz CT molecular complexity index is 1380. The molecule has 0 atom stereocenters. The monoisotopic (exact) mass is 535 g/mol. The van der Waals surface area contributed by atoms with E-state index in [-0.39, 0.29) is 5.91 Å². The van der Waals surface area contributed by atoms with Gasteiger partial charge in [-0.25, -0.2) is 9.78 Å². The Morgan fingerprint density at radius 3 is 2.68 bits per heavy atom. The van der Waals surface area contributed by atoms with Gasteiger partial charge in [0.25, 0.3) is 5.91 Å². The third kappa shape index (κ3) is 6.90. The van der Waals surface area contributed by atoms with E-state index in [1.54, 1.807) is 11.3 Å². The summed E-state index contributed by atoms with van der Waals surface area (Å²) in [6, 6.07) is 13.8. The van der Waals surface area contributed by atoms with Crippen LogP contribution in [0.25, 0.3) is 26.4 Å². The van der Waals surface area contributed by atoms with Crippen LogP contribution in [0.4, 0.5) is 4.79 Å². The zero-order chi connectivity index (χ0) is 26.9. The van der Waals surface area contributed by atoms with Crippen molar-refractivity contribution in [2.24, 2.45) is 0 Å². The lowest BCUT2D eigenvalue weighted by molar-refractivity contribution is 0.0952.